The molecule has 0 saturated carbocycles. The average molecular weight is 232 g/mol. The Morgan fingerprint density at radius 1 is 1.35 bits per heavy atom. The Balaban J connectivity index is 2.42. The van der Waals surface area contributed by atoms with Gasteiger partial charge in [0, 0.05) is 6.07 Å². The van der Waals surface area contributed by atoms with Crippen molar-refractivity contribution in [2.75, 3.05) is 7.11 Å². The molecule has 0 spiro atoms. The van der Waals surface area contributed by atoms with Crippen molar-refractivity contribution in [2.24, 2.45) is 0 Å². The summed E-state index contributed by atoms with van der Waals surface area (Å²) in [7, 11) is 1.57. The van der Waals surface area contributed by atoms with Crippen molar-refractivity contribution < 1.29 is 14.6 Å². The number of carboxylic acid groups (broad SMARTS) is 1. The summed E-state index contributed by atoms with van der Waals surface area (Å²) in [5.41, 5.74) is 1.85. The molecule has 0 saturated heterocycles. The van der Waals surface area contributed by atoms with Crippen LogP contribution in [0.3, 0.4) is 0 Å². The number of carbonyl (C=O) groups is 1. The van der Waals surface area contributed by atoms with E-state index in [2.05, 4.69) is 5.10 Å². The van der Waals surface area contributed by atoms with Crippen LogP contribution in [0, 0.1) is 6.92 Å². The van der Waals surface area contributed by atoms with Crippen LogP contribution in [-0.2, 0) is 0 Å². The molecule has 0 fully saturated rings. The highest BCUT2D eigenvalue weighted by atomic mass is 16.5. The van der Waals surface area contributed by atoms with Gasteiger partial charge in [-0.05, 0) is 31.2 Å². The van der Waals surface area contributed by atoms with Gasteiger partial charge in [-0.25, -0.2) is 9.48 Å². The molecule has 0 aliphatic heterocycles. The van der Waals surface area contributed by atoms with Gasteiger partial charge in [-0.15, -0.1) is 0 Å². The van der Waals surface area contributed by atoms with Crippen LogP contribution in [0.1, 0.15) is 16.1 Å². The number of aromatic carboxylic acids is 1. The fraction of sp³-hybridized carbons (Fsp3) is 0.167. The van der Waals surface area contributed by atoms with E-state index >= 15 is 0 Å². The van der Waals surface area contributed by atoms with Gasteiger partial charge in [0.05, 0.1) is 24.1 Å². The molecule has 0 radical (unpaired) electrons. The normalized spacial score (nSPS) is 10.2. The first-order valence-electron chi connectivity index (χ1n) is 5.06. The molecule has 2 aromatic rings. The van der Waals surface area contributed by atoms with Crippen LogP contribution in [0.2, 0.25) is 0 Å². The van der Waals surface area contributed by atoms with Crippen molar-refractivity contribution in [3.63, 3.8) is 0 Å². The number of carboxylic acids is 1. The molecule has 0 aliphatic carbocycles. The molecule has 1 aromatic carbocycles. The van der Waals surface area contributed by atoms with Gasteiger partial charge in [0.25, 0.3) is 0 Å². The van der Waals surface area contributed by atoms with Crippen molar-refractivity contribution in [3.8, 4) is 11.6 Å². The lowest BCUT2D eigenvalue weighted by molar-refractivity contribution is 0.0697. The maximum absolute atomic E-state index is 10.7. The van der Waals surface area contributed by atoms with Crippen LogP contribution in [0.25, 0.3) is 5.69 Å². The van der Waals surface area contributed by atoms with Gasteiger partial charge in [-0.2, -0.15) is 5.10 Å². The summed E-state index contributed by atoms with van der Waals surface area (Å²) in [6, 6.07) is 8.27. The number of aryl methyl sites for hydroxylation is 1. The van der Waals surface area contributed by atoms with Crippen molar-refractivity contribution >= 4 is 5.97 Å². The maximum atomic E-state index is 10.7. The molecule has 17 heavy (non-hydrogen) atoms. The van der Waals surface area contributed by atoms with Gasteiger partial charge in [0.2, 0.25) is 5.88 Å². The Morgan fingerprint density at radius 2 is 2.00 bits per heavy atom. The third-order valence-electron chi connectivity index (χ3n) is 2.37. The molecule has 0 amide bonds. The molecule has 1 N–H and O–H groups in total. The van der Waals surface area contributed by atoms with E-state index < -0.39 is 5.97 Å². The van der Waals surface area contributed by atoms with Gasteiger partial charge in [0.1, 0.15) is 0 Å². The standard InChI is InChI=1S/C12H12N2O3/c1-8-7-11(17-2)14(13-8)10-5-3-9(4-6-10)12(15)16/h3-7H,1-2H3,(H,15,16). The van der Waals surface area contributed by atoms with Crippen LogP contribution in [0.4, 0.5) is 0 Å². The Kier molecular flexibility index (Phi) is 2.82. The van der Waals surface area contributed by atoms with E-state index in [0.717, 1.165) is 11.4 Å². The first kappa shape index (κ1) is 11.2. The summed E-state index contributed by atoms with van der Waals surface area (Å²) in [5, 5.41) is 13.1. The molecule has 0 bridgehead atoms. The van der Waals surface area contributed by atoms with E-state index in [1.165, 1.54) is 12.1 Å². The molecule has 0 atom stereocenters. The monoisotopic (exact) mass is 232 g/mol. The summed E-state index contributed by atoms with van der Waals surface area (Å²) in [6.45, 7) is 1.87. The summed E-state index contributed by atoms with van der Waals surface area (Å²) < 4.78 is 6.81. The smallest absolute Gasteiger partial charge is 0.335 e. The van der Waals surface area contributed by atoms with E-state index in [1.807, 2.05) is 13.0 Å². The molecule has 2 rings (SSSR count). The lowest BCUT2D eigenvalue weighted by Gasteiger charge is -2.05. The minimum absolute atomic E-state index is 0.247. The largest absolute Gasteiger partial charge is 0.481 e. The van der Waals surface area contributed by atoms with Gasteiger partial charge in [0.15, 0.2) is 0 Å². The van der Waals surface area contributed by atoms with E-state index in [9.17, 15) is 4.79 Å². The van der Waals surface area contributed by atoms with Gasteiger partial charge in [-0.3, -0.25) is 0 Å². The van der Waals surface area contributed by atoms with Gasteiger partial charge < -0.3 is 9.84 Å². The Hall–Kier alpha value is -2.30. The number of ether oxygens (including phenoxy) is 1. The molecule has 88 valence electrons. The Morgan fingerprint density at radius 3 is 2.53 bits per heavy atom. The van der Waals surface area contributed by atoms with Crippen molar-refractivity contribution in [1.29, 1.82) is 0 Å². The van der Waals surface area contributed by atoms with Crippen molar-refractivity contribution in [1.82, 2.24) is 9.78 Å². The molecular formula is C12H12N2O3. The number of nitrogens with zero attached hydrogens (tertiary/aromatic N) is 2. The quantitative estimate of drug-likeness (QED) is 0.877. The fourth-order valence-corrected chi connectivity index (χ4v) is 1.55. The third kappa shape index (κ3) is 2.13. The SMILES string of the molecule is COc1cc(C)nn1-c1ccc(C(=O)O)cc1. The summed E-state index contributed by atoms with van der Waals surface area (Å²) in [4.78, 5) is 10.7. The lowest BCUT2D eigenvalue weighted by Crippen LogP contribution is -2.01. The molecule has 5 heteroatoms. The summed E-state index contributed by atoms with van der Waals surface area (Å²) in [6.07, 6.45) is 0. The van der Waals surface area contributed by atoms with E-state index in [4.69, 9.17) is 9.84 Å². The van der Waals surface area contributed by atoms with Crippen LogP contribution in [0.5, 0.6) is 5.88 Å². The highest BCUT2D eigenvalue weighted by Crippen LogP contribution is 2.19. The molecule has 5 nitrogen and oxygen atoms in total. The first-order chi connectivity index (χ1) is 8.11. The first-order valence-corrected chi connectivity index (χ1v) is 5.06. The number of rotatable bonds is 3. The van der Waals surface area contributed by atoms with Gasteiger partial charge in [-0.1, -0.05) is 0 Å². The highest BCUT2D eigenvalue weighted by Gasteiger charge is 2.08. The molecule has 0 aliphatic rings. The van der Waals surface area contributed by atoms with Crippen LogP contribution in [-0.4, -0.2) is 28.0 Å². The number of benzene rings is 1. The summed E-state index contributed by atoms with van der Waals surface area (Å²) >= 11 is 0. The molecular weight excluding hydrogens is 220 g/mol. The third-order valence-corrected chi connectivity index (χ3v) is 2.37. The number of hydrogen-bond donors (Lipinski definition) is 1. The zero-order chi connectivity index (χ0) is 12.4. The topological polar surface area (TPSA) is 64.4 Å². The Bertz CT molecular complexity index is 543. The van der Waals surface area contributed by atoms with Crippen molar-refractivity contribution in [3.05, 3.63) is 41.6 Å². The Labute approximate surface area is 98.3 Å². The minimum atomic E-state index is -0.944. The van der Waals surface area contributed by atoms with Crippen LogP contribution in [0.15, 0.2) is 30.3 Å². The predicted octanol–water partition coefficient (Wildman–Crippen LogP) is 1.89. The number of hydrogen-bond acceptors (Lipinski definition) is 3. The number of methoxy groups -OCH3 is 1. The second-order valence-corrected chi connectivity index (χ2v) is 3.59. The zero-order valence-corrected chi connectivity index (χ0v) is 9.54. The average Bonchev–Trinajstić information content (AvgIpc) is 2.70. The van der Waals surface area contributed by atoms with Crippen LogP contribution >= 0.6 is 0 Å². The summed E-state index contributed by atoms with van der Waals surface area (Å²) in [5.74, 6) is -0.328. The molecule has 1 heterocycles. The molecule has 1 aromatic heterocycles. The van der Waals surface area contributed by atoms with E-state index in [-0.39, 0.29) is 5.56 Å². The maximum Gasteiger partial charge on any atom is 0.335 e. The predicted molar refractivity (Wildman–Crippen MR) is 61.8 cm³/mol. The fourth-order valence-electron chi connectivity index (χ4n) is 1.55. The van der Waals surface area contributed by atoms with E-state index in [0.29, 0.717) is 5.88 Å². The lowest BCUT2D eigenvalue weighted by atomic mass is 10.2. The zero-order valence-electron chi connectivity index (χ0n) is 9.54. The van der Waals surface area contributed by atoms with Crippen LogP contribution < -0.4 is 4.74 Å². The second kappa shape index (κ2) is 4.29. The minimum Gasteiger partial charge on any atom is -0.481 e. The van der Waals surface area contributed by atoms with Crippen molar-refractivity contribution in [2.45, 2.75) is 6.92 Å². The second-order valence-electron chi connectivity index (χ2n) is 3.59. The van der Waals surface area contributed by atoms with Gasteiger partial charge >= 0.3 is 5.97 Å². The highest BCUT2D eigenvalue weighted by molar-refractivity contribution is 5.87. The number of aromatic nitrogens is 2. The van der Waals surface area contributed by atoms with E-state index in [1.54, 1.807) is 23.9 Å². The molecule has 0 unspecified atom stereocenters.